The molecule has 2 aromatic rings. The average molecular weight is 238 g/mol. The Kier molecular flexibility index (Phi) is 2.69. The van der Waals surface area contributed by atoms with Gasteiger partial charge in [-0.15, -0.1) is 5.10 Å². The molecule has 0 fully saturated rings. The number of aliphatic hydroxyl groups is 1. The van der Waals surface area contributed by atoms with Gasteiger partial charge in [-0.25, -0.2) is 4.68 Å². The first-order chi connectivity index (χ1) is 7.48. The molecule has 16 heavy (non-hydrogen) atoms. The molecule has 84 valence electrons. The van der Waals surface area contributed by atoms with Gasteiger partial charge in [0, 0.05) is 5.02 Å². The molecule has 0 aliphatic heterocycles. The molecule has 0 radical (unpaired) electrons. The van der Waals surface area contributed by atoms with Crippen LogP contribution in [-0.2, 0) is 5.60 Å². The molecule has 1 aromatic heterocycles. The van der Waals surface area contributed by atoms with Crippen molar-refractivity contribution in [3.63, 3.8) is 0 Å². The maximum atomic E-state index is 9.95. The number of hydrogen-bond donors (Lipinski definition) is 1. The van der Waals surface area contributed by atoms with Crippen LogP contribution in [0.4, 0.5) is 0 Å². The Balaban J connectivity index is 2.49. The monoisotopic (exact) mass is 237 g/mol. The maximum absolute atomic E-state index is 9.95. The fourth-order valence-corrected chi connectivity index (χ4v) is 1.55. The van der Waals surface area contributed by atoms with Crippen LogP contribution in [0.5, 0.6) is 0 Å². The van der Waals surface area contributed by atoms with Gasteiger partial charge in [-0.05, 0) is 38.1 Å². The van der Waals surface area contributed by atoms with Crippen molar-refractivity contribution in [3.8, 4) is 5.69 Å². The highest BCUT2D eigenvalue weighted by Crippen LogP contribution is 2.22. The summed E-state index contributed by atoms with van der Waals surface area (Å²) in [6, 6.07) is 7.19. The van der Waals surface area contributed by atoms with Crippen molar-refractivity contribution in [2.24, 2.45) is 0 Å². The number of nitrogens with zero attached hydrogens (tertiary/aromatic N) is 3. The van der Waals surface area contributed by atoms with Gasteiger partial charge in [0.25, 0.3) is 0 Å². The molecule has 0 aliphatic rings. The van der Waals surface area contributed by atoms with Gasteiger partial charge in [-0.1, -0.05) is 16.8 Å². The molecule has 0 atom stereocenters. The van der Waals surface area contributed by atoms with Crippen LogP contribution in [0.25, 0.3) is 5.69 Å². The fourth-order valence-electron chi connectivity index (χ4n) is 1.43. The summed E-state index contributed by atoms with van der Waals surface area (Å²) in [4.78, 5) is 0. The minimum Gasteiger partial charge on any atom is -0.384 e. The molecule has 0 unspecified atom stereocenters. The topological polar surface area (TPSA) is 50.9 Å². The SMILES string of the molecule is CC(C)(O)c1cnnn1-c1ccc(Cl)cc1. The van der Waals surface area contributed by atoms with Crippen LogP contribution < -0.4 is 0 Å². The quantitative estimate of drug-likeness (QED) is 0.871. The Hall–Kier alpha value is -1.39. The smallest absolute Gasteiger partial charge is 0.103 e. The summed E-state index contributed by atoms with van der Waals surface area (Å²) in [5, 5.41) is 18.4. The Morgan fingerprint density at radius 1 is 1.25 bits per heavy atom. The van der Waals surface area contributed by atoms with E-state index in [4.69, 9.17) is 11.6 Å². The van der Waals surface area contributed by atoms with Gasteiger partial charge in [-0.3, -0.25) is 0 Å². The van der Waals surface area contributed by atoms with Crippen LogP contribution >= 0.6 is 11.6 Å². The van der Waals surface area contributed by atoms with Crippen LogP contribution in [0.1, 0.15) is 19.5 Å². The molecule has 1 heterocycles. The van der Waals surface area contributed by atoms with E-state index in [0.29, 0.717) is 10.7 Å². The lowest BCUT2D eigenvalue weighted by molar-refractivity contribution is 0.0711. The van der Waals surface area contributed by atoms with Gasteiger partial charge >= 0.3 is 0 Å². The van der Waals surface area contributed by atoms with E-state index in [1.54, 1.807) is 36.9 Å². The van der Waals surface area contributed by atoms with Crippen molar-refractivity contribution < 1.29 is 5.11 Å². The Morgan fingerprint density at radius 2 is 1.88 bits per heavy atom. The predicted molar refractivity (Wildman–Crippen MR) is 61.6 cm³/mol. The predicted octanol–water partition coefficient (Wildman–Crippen LogP) is 2.15. The summed E-state index contributed by atoms with van der Waals surface area (Å²) in [5.41, 5.74) is 0.470. The molecule has 1 aromatic carbocycles. The lowest BCUT2D eigenvalue weighted by atomic mass is 10.1. The molecular weight excluding hydrogens is 226 g/mol. The van der Waals surface area contributed by atoms with E-state index in [0.717, 1.165) is 5.69 Å². The minimum absolute atomic E-state index is 0.634. The van der Waals surface area contributed by atoms with Crippen LogP contribution in [0.15, 0.2) is 30.5 Å². The summed E-state index contributed by atoms with van der Waals surface area (Å²) in [7, 11) is 0. The van der Waals surface area contributed by atoms with Gasteiger partial charge in [-0.2, -0.15) is 0 Å². The zero-order valence-corrected chi connectivity index (χ0v) is 9.81. The van der Waals surface area contributed by atoms with Crippen molar-refractivity contribution in [3.05, 3.63) is 41.2 Å². The molecule has 2 rings (SSSR count). The van der Waals surface area contributed by atoms with Gasteiger partial charge in [0.05, 0.1) is 17.6 Å². The van der Waals surface area contributed by atoms with E-state index in [9.17, 15) is 5.11 Å². The molecule has 4 nitrogen and oxygen atoms in total. The lowest BCUT2D eigenvalue weighted by Crippen LogP contribution is -2.20. The summed E-state index contributed by atoms with van der Waals surface area (Å²) < 4.78 is 1.59. The molecule has 0 aliphatic carbocycles. The van der Waals surface area contributed by atoms with Gasteiger partial charge < -0.3 is 5.11 Å². The number of benzene rings is 1. The molecular formula is C11H12ClN3O. The molecule has 0 bridgehead atoms. The minimum atomic E-state index is -0.983. The zero-order valence-electron chi connectivity index (χ0n) is 9.05. The second-order valence-corrected chi connectivity index (χ2v) is 4.50. The van der Waals surface area contributed by atoms with Crippen LogP contribution in [0.2, 0.25) is 5.02 Å². The second-order valence-electron chi connectivity index (χ2n) is 4.07. The number of halogens is 1. The third-order valence-electron chi connectivity index (χ3n) is 2.25. The van der Waals surface area contributed by atoms with Crippen molar-refractivity contribution >= 4 is 11.6 Å². The van der Waals surface area contributed by atoms with E-state index >= 15 is 0 Å². The highest BCUT2D eigenvalue weighted by molar-refractivity contribution is 6.30. The zero-order chi connectivity index (χ0) is 11.8. The Bertz CT molecular complexity index is 485. The standard InChI is InChI=1S/C11H12ClN3O/c1-11(2,16)10-7-13-14-15(10)9-5-3-8(12)4-6-9/h3-7,16H,1-2H3. The van der Waals surface area contributed by atoms with Gasteiger partial charge in [0.2, 0.25) is 0 Å². The Labute approximate surface area is 98.5 Å². The molecule has 1 N–H and O–H groups in total. The fraction of sp³-hybridized carbons (Fsp3) is 0.273. The largest absolute Gasteiger partial charge is 0.384 e. The van der Waals surface area contributed by atoms with Crippen molar-refractivity contribution in [1.82, 2.24) is 15.0 Å². The van der Waals surface area contributed by atoms with Gasteiger partial charge in [0.1, 0.15) is 5.60 Å². The third kappa shape index (κ3) is 2.08. The molecule has 0 saturated heterocycles. The maximum Gasteiger partial charge on any atom is 0.103 e. The van der Waals surface area contributed by atoms with E-state index in [1.165, 1.54) is 0 Å². The van der Waals surface area contributed by atoms with E-state index in [1.807, 2.05) is 12.1 Å². The van der Waals surface area contributed by atoms with E-state index in [2.05, 4.69) is 10.3 Å². The molecule has 0 spiro atoms. The summed E-state index contributed by atoms with van der Waals surface area (Å²) in [5.74, 6) is 0. The number of rotatable bonds is 2. The first-order valence-electron chi connectivity index (χ1n) is 4.88. The lowest BCUT2D eigenvalue weighted by Gasteiger charge is -2.17. The summed E-state index contributed by atoms with van der Waals surface area (Å²) >= 11 is 5.81. The van der Waals surface area contributed by atoms with Crippen molar-refractivity contribution in [2.45, 2.75) is 19.4 Å². The van der Waals surface area contributed by atoms with E-state index < -0.39 is 5.60 Å². The van der Waals surface area contributed by atoms with Crippen LogP contribution in [0.3, 0.4) is 0 Å². The normalized spacial score (nSPS) is 11.8. The molecule has 0 amide bonds. The second kappa shape index (κ2) is 3.88. The summed E-state index contributed by atoms with van der Waals surface area (Å²) in [6.45, 7) is 3.39. The number of hydrogen-bond acceptors (Lipinski definition) is 3. The highest BCUT2D eigenvalue weighted by atomic mass is 35.5. The van der Waals surface area contributed by atoms with Crippen LogP contribution in [0, 0.1) is 0 Å². The molecule has 5 heteroatoms. The van der Waals surface area contributed by atoms with E-state index in [-0.39, 0.29) is 0 Å². The van der Waals surface area contributed by atoms with Gasteiger partial charge in [0.15, 0.2) is 0 Å². The third-order valence-corrected chi connectivity index (χ3v) is 2.50. The number of aromatic nitrogens is 3. The first kappa shape index (κ1) is 11.1. The highest BCUT2D eigenvalue weighted by Gasteiger charge is 2.22. The molecule has 0 saturated carbocycles. The van der Waals surface area contributed by atoms with Crippen LogP contribution in [-0.4, -0.2) is 20.1 Å². The van der Waals surface area contributed by atoms with Crippen molar-refractivity contribution in [2.75, 3.05) is 0 Å². The Morgan fingerprint density at radius 3 is 2.44 bits per heavy atom. The van der Waals surface area contributed by atoms with Crippen molar-refractivity contribution in [1.29, 1.82) is 0 Å². The first-order valence-corrected chi connectivity index (χ1v) is 5.26. The average Bonchev–Trinajstić information content (AvgIpc) is 2.66. The summed E-state index contributed by atoms with van der Waals surface area (Å²) in [6.07, 6.45) is 1.55.